The van der Waals surface area contributed by atoms with Gasteiger partial charge in [-0.05, 0) is 48.4 Å². The van der Waals surface area contributed by atoms with Gasteiger partial charge in [0.25, 0.3) is 0 Å². The van der Waals surface area contributed by atoms with Crippen LogP contribution in [-0.2, 0) is 16.1 Å². The standard InChI is InChI=1S/C19H20N2O3/c1-2-23-19(22)18(21)12-17(20)15-8-10-16(11-9-15)24-13-14-6-4-3-5-7-14/h3-12,21H,2,13,20H2,1H3/b17-12-,21-18?. The molecule has 2 rings (SSSR count). The first kappa shape index (κ1) is 17.3. The molecule has 0 radical (unpaired) electrons. The fraction of sp³-hybridized carbons (Fsp3) is 0.158. The van der Waals surface area contributed by atoms with Gasteiger partial charge in [0.2, 0.25) is 0 Å². The van der Waals surface area contributed by atoms with Gasteiger partial charge in [-0.1, -0.05) is 30.3 Å². The molecule has 0 fully saturated rings. The molecule has 0 aliphatic heterocycles. The van der Waals surface area contributed by atoms with E-state index in [-0.39, 0.29) is 12.3 Å². The van der Waals surface area contributed by atoms with Gasteiger partial charge in [-0.15, -0.1) is 0 Å². The van der Waals surface area contributed by atoms with Crippen molar-refractivity contribution in [2.75, 3.05) is 6.61 Å². The second kappa shape index (κ2) is 8.53. The number of nitrogens with one attached hydrogen (secondary N) is 1. The molecule has 3 N–H and O–H groups in total. The highest BCUT2D eigenvalue weighted by molar-refractivity contribution is 6.40. The highest BCUT2D eigenvalue weighted by atomic mass is 16.5. The largest absolute Gasteiger partial charge is 0.489 e. The summed E-state index contributed by atoms with van der Waals surface area (Å²) in [6.45, 7) is 2.40. The van der Waals surface area contributed by atoms with E-state index in [1.165, 1.54) is 6.08 Å². The van der Waals surface area contributed by atoms with E-state index >= 15 is 0 Å². The van der Waals surface area contributed by atoms with Crippen molar-refractivity contribution in [2.45, 2.75) is 13.5 Å². The number of hydrogen-bond acceptors (Lipinski definition) is 5. The van der Waals surface area contributed by atoms with Crippen LogP contribution >= 0.6 is 0 Å². The molecular weight excluding hydrogens is 304 g/mol. The molecule has 0 saturated heterocycles. The van der Waals surface area contributed by atoms with E-state index < -0.39 is 5.97 Å². The molecule has 24 heavy (non-hydrogen) atoms. The maximum Gasteiger partial charge on any atom is 0.356 e. The zero-order valence-corrected chi connectivity index (χ0v) is 13.5. The molecule has 0 bridgehead atoms. The fourth-order valence-electron chi connectivity index (χ4n) is 1.99. The summed E-state index contributed by atoms with van der Waals surface area (Å²) in [5.41, 5.74) is 7.75. The first-order chi connectivity index (χ1) is 11.6. The average Bonchev–Trinajstić information content (AvgIpc) is 2.61. The Hall–Kier alpha value is -3.08. The van der Waals surface area contributed by atoms with Crippen LogP contribution in [0.1, 0.15) is 18.1 Å². The number of nitrogens with two attached hydrogens (primary N) is 1. The molecule has 0 saturated carbocycles. The van der Waals surface area contributed by atoms with E-state index in [0.717, 1.165) is 11.3 Å². The monoisotopic (exact) mass is 324 g/mol. The predicted octanol–water partition coefficient (Wildman–Crippen LogP) is 3.15. The van der Waals surface area contributed by atoms with Crippen LogP contribution in [0.3, 0.4) is 0 Å². The quantitative estimate of drug-likeness (QED) is 0.605. The van der Waals surface area contributed by atoms with E-state index in [1.807, 2.05) is 30.3 Å². The number of carbonyl (C=O) groups is 1. The van der Waals surface area contributed by atoms with Crippen LogP contribution < -0.4 is 10.5 Å². The van der Waals surface area contributed by atoms with Crippen LogP contribution in [0.25, 0.3) is 5.70 Å². The molecule has 0 unspecified atom stereocenters. The lowest BCUT2D eigenvalue weighted by atomic mass is 10.1. The van der Waals surface area contributed by atoms with Crippen molar-refractivity contribution in [3.63, 3.8) is 0 Å². The number of ether oxygens (including phenoxy) is 2. The maximum absolute atomic E-state index is 11.4. The molecule has 2 aromatic rings. The molecule has 2 aromatic carbocycles. The summed E-state index contributed by atoms with van der Waals surface area (Å²) in [5, 5.41) is 7.63. The highest BCUT2D eigenvalue weighted by Crippen LogP contribution is 2.17. The second-order valence-electron chi connectivity index (χ2n) is 5.03. The topological polar surface area (TPSA) is 85.4 Å². The molecule has 5 nitrogen and oxygen atoms in total. The van der Waals surface area contributed by atoms with Gasteiger partial charge in [0, 0.05) is 5.70 Å². The van der Waals surface area contributed by atoms with E-state index in [9.17, 15) is 4.79 Å². The van der Waals surface area contributed by atoms with E-state index in [4.69, 9.17) is 20.6 Å². The van der Waals surface area contributed by atoms with E-state index in [2.05, 4.69) is 0 Å². The summed E-state index contributed by atoms with van der Waals surface area (Å²) in [6.07, 6.45) is 1.29. The molecule has 0 aliphatic carbocycles. The Morgan fingerprint density at radius 3 is 2.42 bits per heavy atom. The van der Waals surface area contributed by atoms with Crippen LogP contribution in [0.2, 0.25) is 0 Å². The SMILES string of the molecule is CCOC(=O)C(=N)/C=C(\N)c1ccc(OCc2ccccc2)cc1. The van der Waals surface area contributed by atoms with Gasteiger partial charge in [0.05, 0.1) is 6.61 Å². The first-order valence-corrected chi connectivity index (χ1v) is 7.60. The third-order valence-corrected chi connectivity index (χ3v) is 3.23. The Labute approximate surface area is 141 Å². The third kappa shape index (κ3) is 4.98. The summed E-state index contributed by atoms with van der Waals surface area (Å²) in [7, 11) is 0. The van der Waals surface area contributed by atoms with Crippen LogP contribution in [0.15, 0.2) is 60.7 Å². The summed E-state index contributed by atoms with van der Waals surface area (Å²) >= 11 is 0. The van der Waals surface area contributed by atoms with Crippen molar-refractivity contribution >= 4 is 17.4 Å². The minimum Gasteiger partial charge on any atom is -0.489 e. The number of esters is 1. The summed E-state index contributed by atoms with van der Waals surface area (Å²) in [4.78, 5) is 11.4. The summed E-state index contributed by atoms with van der Waals surface area (Å²) < 4.78 is 10.5. The normalized spacial score (nSPS) is 11.0. The Morgan fingerprint density at radius 1 is 1.12 bits per heavy atom. The lowest BCUT2D eigenvalue weighted by Gasteiger charge is -2.08. The molecular formula is C19H20N2O3. The smallest absolute Gasteiger partial charge is 0.356 e. The van der Waals surface area contributed by atoms with Crippen LogP contribution in [0.5, 0.6) is 5.75 Å². The molecule has 0 amide bonds. The van der Waals surface area contributed by atoms with Crippen LogP contribution in [-0.4, -0.2) is 18.3 Å². The molecule has 0 aromatic heterocycles. The van der Waals surface area contributed by atoms with E-state index in [1.54, 1.807) is 31.2 Å². The minimum atomic E-state index is -0.691. The van der Waals surface area contributed by atoms with Gasteiger partial charge < -0.3 is 15.2 Å². The number of benzene rings is 2. The minimum absolute atomic E-state index is 0.225. The summed E-state index contributed by atoms with van der Waals surface area (Å²) in [6, 6.07) is 17.0. The number of hydrogen-bond donors (Lipinski definition) is 2. The second-order valence-corrected chi connectivity index (χ2v) is 5.03. The van der Waals surface area contributed by atoms with Crippen molar-refractivity contribution < 1.29 is 14.3 Å². The molecule has 0 aliphatic rings. The zero-order valence-electron chi connectivity index (χ0n) is 13.5. The predicted molar refractivity (Wildman–Crippen MR) is 93.7 cm³/mol. The third-order valence-electron chi connectivity index (χ3n) is 3.23. The Balaban J connectivity index is 1.98. The van der Waals surface area contributed by atoms with Crippen LogP contribution in [0, 0.1) is 5.41 Å². The first-order valence-electron chi connectivity index (χ1n) is 7.60. The molecule has 0 heterocycles. The molecule has 124 valence electrons. The number of rotatable bonds is 7. The Kier molecular flexibility index (Phi) is 6.14. The van der Waals surface area contributed by atoms with Gasteiger partial charge in [-0.3, -0.25) is 5.41 Å². The maximum atomic E-state index is 11.4. The lowest BCUT2D eigenvalue weighted by molar-refractivity contribution is -0.135. The van der Waals surface area contributed by atoms with Gasteiger partial charge in [0.1, 0.15) is 18.1 Å². The van der Waals surface area contributed by atoms with Crippen molar-refractivity contribution in [1.82, 2.24) is 0 Å². The molecule has 0 spiro atoms. The van der Waals surface area contributed by atoms with Gasteiger partial charge >= 0.3 is 5.97 Å². The molecule has 5 heteroatoms. The van der Waals surface area contributed by atoms with Crippen molar-refractivity contribution in [1.29, 1.82) is 5.41 Å². The number of carbonyl (C=O) groups excluding carboxylic acids is 1. The summed E-state index contributed by atoms with van der Waals surface area (Å²) in [5.74, 6) is 0.0270. The van der Waals surface area contributed by atoms with Crippen LogP contribution in [0.4, 0.5) is 0 Å². The van der Waals surface area contributed by atoms with Crippen molar-refractivity contribution in [3.05, 3.63) is 71.8 Å². The Morgan fingerprint density at radius 2 is 1.79 bits per heavy atom. The van der Waals surface area contributed by atoms with Gasteiger partial charge in [0.15, 0.2) is 0 Å². The lowest BCUT2D eigenvalue weighted by Crippen LogP contribution is -2.15. The van der Waals surface area contributed by atoms with Gasteiger partial charge in [-0.25, -0.2) is 4.79 Å². The van der Waals surface area contributed by atoms with E-state index in [0.29, 0.717) is 17.9 Å². The molecule has 0 atom stereocenters. The Bertz CT molecular complexity index is 722. The van der Waals surface area contributed by atoms with Gasteiger partial charge in [-0.2, -0.15) is 0 Å². The average molecular weight is 324 g/mol. The van der Waals surface area contributed by atoms with Crippen molar-refractivity contribution in [3.8, 4) is 5.75 Å². The zero-order chi connectivity index (χ0) is 17.4. The van der Waals surface area contributed by atoms with Crippen molar-refractivity contribution in [2.24, 2.45) is 5.73 Å². The fourth-order valence-corrected chi connectivity index (χ4v) is 1.99. The highest BCUT2D eigenvalue weighted by Gasteiger charge is 2.08.